The number of anilines is 1. The molecule has 1 aromatic heterocycles. The van der Waals surface area contributed by atoms with Gasteiger partial charge in [-0.05, 0) is 24.6 Å². The fraction of sp³-hybridized carbons (Fsp3) is 0.182. The maximum absolute atomic E-state index is 13.3. The molecule has 4 rings (SSSR count). The van der Waals surface area contributed by atoms with Crippen LogP contribution in [0.15, 0.2) is 52.2 Å². The molecular formula is C22H18N4O9. The summed E-state index contributed by atoms with van der Waals surface area (Å²) in [6, 6.07) is 8.70. The lowest BCUT2D eigenvalue weighted by atomic mass is 10.1. The number of rotatable bonds is 5. The first kappa shape index (κ1) is 23.2. The molecule has 13 nitrogen and oxygen atoms in total. The quantitative estimate of drug-likeness (QED) is 0.324. The first-order chi connectivity index (χ1) is 16.6. The Morgan fingerprint density at radius 2 is 1.97 bits per heavy atom. The lowest BCUT2D eigenvalue weighted by Gasteiger charge is -2.26. The number of hydrogen-bond acceptors (Lipinski definition) is 8. The van der Waals surface area contributed by atoms with E-state index < -0.39 is 28.1 Å². The summed E-state index contributed by atoms with van der Waals surface area (Å²) >= 11 is 0. The van der Waals surface area contributed by atoms with E-state index in [4.69, 9.17) is 9.84 Å². The molecule has 0 bridgehead atoms. The third kappa shape index (κ3) is 4.21. The molecule has 0 fully saturated rings. The van der Waals surface area contributed by atoms with Crippen LogP contribution in [0.25, 0.3) is 5.69 Å². The number of ether oxygens (including phenoxy) is 2. The monoisotopic (exact) mass is 482 g/mol. The van der Waals surface area contributed by atoms with Gasteiger partial charge in [0, 0.05) is 24.7 Å². The van der Waals surface area contributed by atoms with E-state index in [1.807, 2.05) is 0 Å². The highest BCUT2D eigenvalue weighted by atomic mass is 16.7. The number of carbonyl (C=O) groups is 2. The Kier molecular flexibility index (Phi) is 5.82. The summed E-state index contributed by atoms with van der Waals surface area (Å²) in [5.74, 6) is -0.615. The molecule has 2 aromatic carbocycles. The topological polar surface area (TPSA) is 163 Å². The normalized spacial score (nSPS) is 12.6. The van der Waals surface area contributed by atoms with Gasteiger partial charge in [-0.15, -0.1) is 0 Å². The average Bonchev–Trinajstić information content (AvgIpc) is 2.81. The number of carboxylic acid groups (broad SMARTS) is 1. The molecular weight excluding hydrogens is 464 g/mol. The Labute approximate surface area is 196 Å². The van der Waals surface area contributed by atoms with Gasteiger partial charge in [-0.1, -0.05) is 12.1 Å². The number of fused-ring (bicyclic) bond motifs is 1. The number of nitro groups is 1. The lowest BCUT2D eigenvalue weighted by molar-refractivity contribution is -0.385. The van der Waals surface area contributed by atoms with Crippen molar-refractivity contribution < 1.29 is 29.1 Å². The number of aromatic nitrogens is 2. The number of nitro benzene ring substituents is 1. The molecule has 1 N–H and O–H groups in total. The van der Waals surface area contributed by atoms with Crippen molar-refractivity contribution >= 4 is 23.4 Å². The smallest absolute Gasteiger partial charge is 0.481 e. The van der Waals surface area contributed by atoms with E-state index in [0.717, 1.165) is 15.3 Å². The van der Waals surface area contributed by atoms with Gasteiger partial charge in [0.15, 0.2) is 6.61 Å². The SMILES string of the molecule is Cc1c(Cn2c(=O)c(OC(=O)O)cn(-c3ccc4c(c3)OCC(=O)N4C)c2=O)cccc1[N+](=O)[O-]. The van der Waals surface area contributed by atoms with Gasteiger partial charge >= 0.3 is 11.8 Å². The van der Waals surface area contributed by atoms with Crippen LogP contribution in [0.4, 0.5) is 16.2 Å². The molecule has 2 heterocycles. The Morgan fingerprint density at radius 3 is 2.66 bits per heavy atom. The van der Waals surface area contributed by atoms with E-state index in [1.54, 1.807) is 7.05 Å². The van der Waals surface area contributed by atoms with Crippen molar-refractivity contribution in [3.63, 3.8) is 0 Å². The molecule has 0 aliphatic carbocycles. The van der Waals surface area contributed by atoms with Gasteiger partial charge in [-0.25, -0.2) is 9.59 Å². The number of nitrogens with zero attached hydrogens (tertiary/aromatic N) is 4. The Balaban J connectivity index is 1.89. The van der Waals surface area contributed by atoms with Crippen molar-refractivity contribution in [1.29, 1.82) is 0 Å². The molecule has 1 amide bonds. The first-order valence-electron chi connectivity index (χ1n) is 10.1. The maximum Gasteiger partial charge on any atom is 0.511 e. The number of likely N-dealkylation sites (N-methyl/N-ethyl adjacent to an activating group) is 1. The van der Waals surface area contributed by atoms with Crippen LogP contribution in [-0.2, 0) is 11.3 Å². The van der Waals surface area contributed by atoms with Crippen LogP contribution in [0.5, 0.6) is 11.5 Å². The summed E-state index contributed by atoms with van der Waals surface area (Å²) in [7, 11) is 1.57. The molecule has 0 radical (unpaired) electrons. The highest BCUT2D eigenvalue weighted by Gasteiger charge is 2.24. The van der Waals surface area contributed by atoms with Crippen molar-refractivity contribution in [2.75, 3.05) is 18.6 Å². The van der Waals surface area contributed by atoms with Gasteiger partial charge in [0.05, 0.1) is 29.0 Å². The Bertz CT molecular complexity index is 1510. The van der Waals surface area contributed by atoms with Gasteiger partial charge < -0.3 is 19.5 Å². The van der Waals surface area contributed by atoms with Crippen LogP contribution < -0.4 is 25.6 Å². The van der Waals surface area contributed by atoms with E-state index in [9.17, 15) is 29.3 Å². The van der Waals surface area contributed by atoms with Gasteiger partial charge in [0.2, 0.25) is 5.75 Å². The standard InChI is InChI=1S/C22H18N4O9/c1-12-13(4-3-5-15(12)26(32)33)9-25-20(28)18(35-22(30)31)10-24(21(25)29)14-6-7-16-17(8-14)34-11-19(27)23(16)2/h3-8,10H,9,11H2,1-2H3,(H,30,31). The first-order valence-corrected chi connectivity index (χ1v) is 10.1. The summed E-state index contributed by atoms with van der Waals surface area (Å²) in [5, 5.41) is 20.4. The predicted molar refractivity (Wildman–Crippen MR) is 121 cm³/mol. The number of carbonyl (C=O) groups excluding carboxylic acids is 1. The highest BCUT2D eigenvalue weighted by molar-refractivity contribution is 5.97. The molecule has 35 heavy (non-hydrogen) atoms. The minimum Gasteiger partial charge on any atom is -0.481 e. The summed E-state index contributed by atoms with van der Waals surface area (Å²) in [4.78, 5) is 61.4. The second-order valence-corrected chi connectivity index (χ2v) is 7.62. The third-order valence-corrected chi connectivity index (χ3v) is 5.59. The Morgan fingerprint density at radius 1 is 1.23 bits per heavy atom. The molecule has 0 saturated heterocycles. The zero-order chi connectivity index (χ0) is 25.4. The van der Waals surface area contributed by atoms with Gasteiger partial charge in [-0.2, -0.15) is 0 Å². The lowest BCUT2D eigenvalue weighted by Crippen LogP contribution is -2.40. The largest absolute Gasteiger partial charge is 0.511 e. The minimum absolute atomic E-state index is 0.195. The van der Waals surface area contributed by atoms with Crippen molar-refractivity contribution in [3.8, 4) is 17.2 Å². The molecule has 13 heteroatoms. The second kappa shape index (κ2) is 8.78. The second-order valence-electron chi connectivity index (χ2n) is 7.62. The number of hydrogen-bond donors (Lipinski definition) is 1. The van der Waals surface area contributed by atoms with E-state index >= 15 is 0 Å². The summed E-state index contributed by atoms with van der Waals surface area (Å²) in [5.41, 5.74) is -0.852. The third-order valence-electron chi connectivity index (χ3n) is 5.59. The van der Waals surface area contributed by atoms with E-state index in [1.165, 1.54) is 48.2 Å². The van der Waals surface area contributed by atoms with E-state index in [-0.39, 0.29) is 36.0 Å². The van der Waals surface area contributed by atoms with Crippen LogP contribution in [0, 0.1) is 17.0 Å². The maximum atomic E-state index is 13.3. The molecule has 1 aliphatic rings. The number of amides is 1. The molecule has 1 aliphatic heterocycles. The number of benzene rings is 2. The van der Waals surface area contributed by atoms with Crippen molar-refractivity contribution in [3.05, 3.63) is 84.7 Å². The van der Waals surface area contributed by atoms with Crippen LogP contribution in [0.2, 0.25) is 0 Å². The molecule has 3 aromatic rings. The van der Waals surface area contributed by atoms with Gasteiger partial charge in [-0.3, -0.25) is 28.8 Å². The average molecular weight is 482 g/mol. The fourth-order valence-corrected chi connectivity index (χ4v) is 3.69. The van der Waals surface area contributed by atoms with Crippen LogP contribution in [-0.4, -0.2) is 44.9 Å². The van der Waals surface area contributed by atoms with E-state index in [2.05, 4.69) is 4.74 Å². The molecule has 180 valence electrons. The van der Waals surface area contributed by atoms with Crippen molar-refractivity contribution in [1.82, 2.24) is 9.13 Å². The Hall–Kier alpha value is -4.94. The highest BCUT2D eigenvalue weighted by Crippen LogP contribution is 2.33. The molecule has 0 atom stereocenters. The molecule has 0 unspecified atom stereocenters. The summed E-state index contributed by atoms with van der Waals surface area (Å²) < 4.78 is 11.8. The minimum atomic E-state index is -1.76. The van der Waals surface area contributed by atoms with Gasteiger partial charge in [0.1, 0.15) is 5.75 Å². The van der Waals surface area contributed by atoms with Crippen molar-refractivity contribution in [2.45, 2.75) is 13.5 Å². The van der Waals surface area contributed by atoms with E-state index in [0.29, 0.717) is 17.0 Å². The van der Waals surface area contributed by atoms with Crippen molar-refractivity contribution in [2.24, 2.45) is 0 Å². The predicted octanol–water partition coefficient (Wildman–Crippen LogP) is 1.68. The summed E-state index contributed by atoms with van der Waals surface area (Å²) in [6.45, 7) is 0.898. The van der Waals surface area contributed by atoms with Crippen LogP contribution in [0.3, 0.4) is 0 Å². The zero-order valence-electron chi connectivity index (χ0n) is 18.5. The van der Waals surface area contributed by atoms with Crippen LogP contribution in [0.1, 0.15) is 11.1 Å². The fourth-order valence-electron chi connectivity index (χ4n) is 3.69. The van der Waals surface area contributed by atoms with Gasteiger partial charge in [0.25, 0.3) is 17.2 Å². The zero-order valence-corrected chi connectivity index (χ0v) is 18.5. The summed E-state index contributed by atoms with van der Waals surface area (Å²) in [6.07, 6.45) is -0.825. The molecule has 0 saturated carbocycles. The van der Waals surface area contributed by atoms with Crippen LogP contribution >= 0.6 is 0 Å². The molecule has 0 spiro atoms.